The molecule has 0 aromatic carbocycles. The molecule has 5 rings (SSSR count). The van der Waals surface area contributed by atoms with Crippen LogP contribution in [0.5, 0.6) is 0 Å². The number of nitrogens with zero attached hydrogens (tertiary/aromatic N) is 8. The molecule has 0 saturated carbocycles. The normalized spacial score (nSPS) is 31.4. The van der Waals surface area contributed by atoms with Gasteiger partial charge in [0, 0.05) is 11.0 Å². The van der Waals surface area contributed by atoms with Gasteiger partial charge in [-0.3, -0.25) is 13.6 Å². The van der Waals surface area contributed by atoms with Crippen LogP contribution in [-0.4, -0.2) is 99.6 Å². The van der Waals surface area contributed by atoms with Crippen LogP contribution < -0.4 is 10.3 Å². The second-order valence-corrected chi connectivity index (χ2v) is 12.4. The molecule has 3 aromatic heterocycles. The van der Waals surface area contributed by atoms with Crippen molar-refractivity contribution in [2.75, 3.05) is 18.9 Å². The molecule has 2 fully saturated rings. The van der Waals surface area contributed by atoms with Crippen molar-refractivity contribution in [2.45, 2.75) is 49.1 Å². The van der Waals surface area contributed by atoms with Gasteiger partial charge >= 0.3 is 15.6 Å². The van der Waals surface area contributed by atoms with Crippen molar-refractivity contribution in [3.05, 3.63) is 47.6 Å². The van der Waals surface area contributed by atoms with Crippen LogP contribution in [0.15, 0.2) is 42.3 Å². The van der Waals surface area contributed by atoms with Gasteiger partial charge in [-0.1, -0.05) is 5.11 Å². The van der Waals surface area contributed by atoms with E-state index in [1.165, 1.54) is 40.0 Å². The Balaban J connectivity index is 1.22. The van der Waals surface area contributed by atoms with E-state index in [1.54, 1.807) is 0 Å². The molecule has 2 saturated heterocycles. The zero-order valence-corrected chi connectivity index (χ0v) is 23.9. The minimum absolute atomic E-state index is 0.0477. The Labute approximate surface area is 245 Å². The molecular weight excluding hydrogens is 636 g/mol. The Kier molecular flexibility index (Phi) is 9.29. The summed E-state index contributed by atoms with van der Waals surface area (Å²) in [6, 6.07) is 2.90. The Bertz CT molecular complexity index is 1660. The number of aliphatic hydroxyl groups excluding tert-OH is 4. The molecule has 0 amide bonds. The Morgan fingerprint density at radius 3 is 2.61 bits per heavy atom. The fourth-order valence-electron chi connectivity index (χ4n) is 4.64. The number of pyridine rings is 1. The number of phosphoric ester groups is 2. The van der Waals surface area contributed by atoms with Crippen LogP contribution in [0.2, 0.25) is 0 Å². The molecule has 0 radical (unpaired) electrons. The van der Waals surface area contributed by atoms with Gasteiger partial charge in [0.25, 0.3) is 6.23 Å². The summed E-state index contributed by atoms with van der Waals surface area (Å²) in [6.45, 7) is -1.73. The van der Waals surface area contributed by atoms with Crippen molar-refractivity contribution in [2.24, 2.45) is 5.11 Å². The molecule has 22 nitrogen and oxygen atoms in total. The summed E-state index contributed by atoms with van der Waals surface area (Å²) in [5.74, 6) is 0.0477. The molecule has 238 valence electrons. The SMILES string of the molecule is [N-]=[N+]=Nc1ccc[n+]([C@@H]2O[C@H](CO)[C@@H](OP(=O)(O)OP(=O)(O)OC[C@H]3O[C@@H](n4cnc5c(N)ncnc54)[C@H](O)[C@@H]3O)[C@H]2O)c1. The molecule has 2 aliphatic heterocycles. The van der Waals surface area contributed by atoms with E-state index in [1.807, 2.05) is 0 Å². The maximum absolute atomic E-state index is 12.7. The fraction of sp³-hybridized carbons (Fsp3) is 0.500. The van der Waals surface area contributed by atoms with Gasteiger partial charge < -0.3 is 45.4 Å². The third kappa shape index (κ3) is 6.59. The standard InChI is InChI=1S/C20H25N9O13P2/c21-17-12-18(24-7-23-17)29(8-25-12)20-14(32)13(31)11(40-20)6-38-43(34,35)42-44(36,37)41-16-10(5-30)39-19(15(16)33)28-3-1-2-9(4-28)26-27-22/h1-4,7-8,10-11,13-16,19-20,30-33H,5-6H2,(H3-,21,23,24,34,35,36,37)/p+1/t10-,11-,13-,14-,15-,16-,19-,20-/m1/s1. The molecule has 2 aliphatic rings. The second-order valence-electron chi connectivity index (χ2n) is 9.45. The summed E-state index contributed by atoms with van der Waals surface area (Å²) in [7, 11) is -11.0. The first kappa shape index (κ1) is 32.2. The maximum Gasteiger partial charge on any atom is 0.481 e. The lowest BCUT2D eigenvalue weighted by molar-refractivity contribution is -0.765. The summed E-state index contributed by atoms with van der Waals surface area (Å²) in [5, 5.41) is 44.8. The van der Waals surface area contributed by atoms with Crippen LogP contribution >= 0.6 is 15.6 Å². The highest BCUT2D eigenvalue weighted by Crippen LogP contribution is 2.62. The van der Waals surface area contributed by atoms with Crippen molar-refractivity contribution in [3.8, 4) is 0 Å². The van der Waals surface area contributed by atoms with E-state index in [2.05, 4.69) is 29.3 Å². The van der Waals surface area contributed by atoms with Crippen LogP contribution in [0.25, 0.3) is 21.6 Å². The van der Waals surface area contributed by atoms with Crippen LogP contribution in [0, 0.1) is 0 Å². The Morgan fingerprint density at radius 1 is 1.11 bits per heavy atom. The van der Waals surface area contributed by atoms with E-state index in [9.17, 15) is 39.3 Å². The monoisotopic (exact) mass is 662 g/mol. The lowest BCUT2D eigenvalue weighted by Gasteiger charge is -2.23. The molecule has 44 heavy (non-hydrogen) atoms. The number of imidazole rings is 1. The highest BCUT2D eigenvalue weighted by molar-refractivity contribution is 7.61. The summed E-state index contributed by atoms with van der Waals surface area (Å²) in [6.07, 6.45) is -7.15. The van der Waals surface area contributed by atoms with Gasteiger partial charge in [0.1, 0.15) is 48.1 Å². The summed E-state index contributed by atoms with van der Waals surface area (Å²) >= 11 is 0. The van der Waals surface area contributed by atoms with Gasteiger partial charge in [0.2, 0.25) is 0 Å². The van der Waals surface area contributed by atoms with Gasteiger partial charge in [0.15, 0.2) is 36.2 Å². The minimum atomic E-state index is -5.52. The Morgan fingerprint density at radius 2 is 1.89 bits per heavy atom. The van der Waals surface area contributed by atoms with Gasteiger partial charge in [-0.15, -0.1) is 0 Å². The lowest BCUT2D eigenvalue weighted by atomic mass is 10.1. The number of nitrogen functional groups attached to an aromatic ring is 1. The molecule has 24 heteroatoms. The molecule has 5 heterocycles. The zero-order chi connectivity index (χ0) is 31.8. The Hall–Kier alpha value is -3.17. The van der Waals surface area contributed by atoms with E-state index >= 15 is 0 Å². The number of hydrogen-bond donors (Lipinski definition) is 7. The quantitative estimate of drug-likeness (QED) is 0.0418. The number of ether oxygens (including phenoxy) is 2. The number of nitrogens with two attached hydrogens (primary N) is 1. The lowest BCUT2D eigenvalue weighted by Crippen LogP contribution is -2.46. The van der Waals surface area contributed by atoms with Gasteiger partial charge in [-0.25, -0.2) is 24.1 Å². The largest absolute Gasteiger partial charge is 0.481 e. The highest BCUT2D eigenvalue weighted by atomic mass is 31.3. The molecule has 2 unspecified atom stereocenters. The predicted octanol–water partition coefficient (Wildman–Crippen LogP) is -1.17. The third-order valence-electron chi connectivity index (χ3n) is 6.61. The first-order valence-electron chi connectivity index (χ1n) is 12.5. The van der Waals surface area contributed by atoms with E-state index in [4.69, 9.17) is 29.8 Å². The number of aromatic nitrogens is 5. The summed E-state index contributed by atoms with van der Waals surface area (Å²) in [5.41, 5.74) is 14.9. The fourth-order valence-corrected chi connectivity index (χ4v) is 6.93. The molecule has 0 bridgehead atoms. The first-order valence-corrected chi connectivity index (χ1v) is 15.5. The summed E-state index contributed by atoms with van der Waals surface area (Å²) in [4.78, 5) is 34.8. The van der Waals surface area contributed by atoms with Crippen molar-refractivity contribution in [1.82, 2.24) is 19.5 Å². The smallest absolute Gasteiger partial charge is 0.394 e. The summed E-state index contributed by atoms with van der Waals surface area (Å²) < 4.78 is 52.8. The number of phosphoric acid groups is 2. The molecular formula is C20H26N9O13P2+. The van der Waals surface area contributed by atoms with Crippen LogP contribution in [0.4, 0.5) is 11.5 Å². The highest BCUT2D eigenvalue weighted by Gasteiger charge is 2.53. The van der Waals surface area contributed by atoms with Crippen molar-refractivity contribution in [1.29, 1.82) is 0 Å². The van der Waals surface area contributed by atoms with E-state index < -0.39 is 77.9 Å². The molecule has 0 spiro atoms. The molecule has 3 aromatic rings. The van der Waals surface area contributed by atoms with Crippen molar-refractivity contribution < 1.29 is 66.7 Å². The number of rotatable bonds is 11. The average molecular weight is 662 g/mol. The number of hydrogen-bond acceptors (Lipinski definition) is 16. The van der Waals surface area contributed by atoms with Crippen LogP contribution in [0.1, 0.15) is 12.5 Å². The molecule has 0 aliphatic carbocycles. The predicted molar refractivity (Wildman–Crippen MR) is 140 cm³/mol. The van der Waals surface area contributed by atoms with Crippen LogP contribution in [0.3, 0.4) is 0 Å². The van der Waals surface area contributed by atoms with Crippen molar-refractivity contribution in [3.63, 3.8) is 0 Å². The van der Waals surface area contributed by atoms with E-state index in [-0.39, 0.29) is 22.7 Å². The van der Waals surface area contributed by atoms with Gasteiger partial charge in [0.05, 0.1) is 19.5 Å². The molecule has 10 atom stereocenters. The average Bonchev–Trinajstić information content (AvgIpc) is 3.62. The first-order chi connectivity index (χ1) is 20.8. The number of aliphatic hydroxyl groups is 4. The second kappa shape index (κ2) is 12.7. The molecule has 8 N–H and O–H groups in total. The zero-order valence-electron chi connectivity index (χ0n) is 22.1. The van der Waals surface area contributed by atoms with E-state index in [0.717, 1.165) is 6.33 Å². The van der Waals surface area contributed by atoms with Crippen molar-refractivity contribution >= 4 is 38.3 Å². The van der Waals surface area contributed by atoms with Gasteiger partial charge in [-0.2, -0.15) is 8.88 Å². The number of anilines is 1. The number of azide groups is 1. The minimum Gasteiger partial charge on any atom is -0.394 e. The van der Waals surface area contributed by atoms with Gasteiger partial charge in [-0.05, 0) is 11.6 Å². The number of fused-ring (bicyclic) bond motifs is 1. The van der Waals surface area contributed by atoms with E-state index in [0.29, 0.717) is 0 Å². The maximum atomic E-state index is 12.7. The van der Waals surface area contributed by atoms with Crippen LogP contribution in [-0.2, 0) is 32.0 Å². The third-order valence-corrected chi connectivity index (χ3v) is 9.25. The topological polar surface area (TPSA) is 324 Å².